The lowest BCUT2D eigenvalue weighted by Gasteiger charge is -2.36. The molecule has 0 aliphatic carbocycles. The molecule has 2 aromatic rings. The number of carbonyl (C=O) groups is 1. The maximum absolute atomic E-state index is 13.8. The van der Waals surface area contributed by atoms with E-state index in [-0.39, 0.29) is 5.56 Å². The average Bonchev–Trinajstić information content (AvgIpc) is 2.58. The summed E-state index contributed by atoms with van der Waals surface area (Å²) in [6.07, 6.45) is 0. The van der Waals surface area contributed by atoms with Crippen molar-refractivity contribution < 1.29 is 18.7 Å². The second kappa shape index (κ2) is 6.97. The van der Waals surface area contributed by atoms with Crippen LogP contribution in [0, 0.1) is 11.6 Å². The van der Waals surface area contributed by atoms with Crippen molar-refractivity contribution in [1.82, 2.24) is 4.90 Å². The van der Waals surface area contributed by atoms with Crippen LogP contribution in [0.4, 0.5) is 14.5 Å². The second-order valence-corrected chi connectivity index (χ2v) is 5.86. The van der Waals surface area contributed by atoms with Gasteiger partial charge in [0, 0.05) is 38.8 Å². The Morgan fingerprint density at radius 1 is 1.04 bits per heavy atom. The first-order valence-electron chi connectivity index (χ1n) is 7.77. The van der Waals surface area contributed by atoms with Crippen molar-refractivity contribution in [3.05, 3.63) is 65.2 Å². The third-order valence-electron chi connectivity index (χ3n) is 4.20. The van der Waals surface area contributed by atoms with Crippen LogP contribution in [-0.2, 0) is 6.54 Å². The normalized spacial score (nSPS) is 15.5. The Morgan fingerprint density at radius 3 is 2.50 bits per heavy atom. The number of anilines is 1. The first-order chi connectivity index (χ1) is 11.5. The standard InChI is InChI=1S/C18H18F2N2O2/c19-15-4-5-16(20)17(11-15)22-8-6-21(7-9-22)12-13-2-1-3-14(10-13)18(23)24/h1-5,10-11H,6-9,12H2,(H,23,24). The van der Waals surface area contributed by atoms with E-state index in [1.165, 1.54) is 6.07 Å². The molecule has 1 fully saturated rings. The Balaban J connectivity index is 1.62. The van der Waals surface area contributed by atoms with Gasteiger partial charge in [0.15, 0.2) is 0 Å². The number of benzene rings is 2. The smallest absolute Gasteiger partial charge is 0.335 e. The van der Waals surface area contributed by atoms with E-state index in [0.29, 0.717) is 38.4 Å². The molecule has 126 valence electrons. The third-order valence-corrected chi connectivity index (χ3v) is 4.20. The highest BCUT2D eigenvalue weighted by molar-refractivity contribution is 5.87. The van der Waals surface area contributed by atoms with Crippen molar-refractivity contribution in [3.63, 3.8) is 0 Å². The van der Waals surface area contributed by atoms with Crippen LogP contribution in [0.25, 0.3) is 0 Å². The van der Waals surface area contributed by atoms with Crippen LogP contribution in [0.15, 0.2) is 42.5 Å². The fraction of sp³-hybridized carbons (Fsp3) is 0.278. The monoisotopic (exact) mass is 332 g/mol. The molecule has 1 heterocycles. The van der Waals surface area contributed by atoms with Crippen LogP contribution < -0.4 is 4.90 Å². The highest BCUT2D eigenvalue weighted by atomic mass is 19.1. The Labute approximate surface area is 138 Å². The zero-order valence-corrected chi connectivity index (χ0v) is 13.1. The number of piperazine rings is 1. The van der Waals surface area contributed by atoms with Crippen LogP contribution in [0.2, 0.25) is 0 Å². The molecule has 6 heteroatoms. The van der Waals surface area contributed by atoms with E-state index in [9.17, 15) is 13.6 Å². The van der Waals surface area contributed by atoms with Crippen LogP contribution in [0.1, 0.15) is 15.9 Å². The van der Waals surface area contributed by atoms with E-state index in [4.69, 9.17) is 5.11 Å². The molecule has 0 unspecified atom stereocenters. The predicted octanol–water partition coefficient (Wildman–Crippen LogP) is 2.99. The van der Waals surface area contributed by atoms with E-state index < -0.39 is 17.6 Å². The molecule has 1 aliphatic heterocycles. The van der Waals surface area contributed by atoms with Gasteiger partial charge >= 0.3 is 5.97 Å². The average molecular weight is 332 g/mol. The van der Waals surface area contributed by atoms with Crippen LogP contribution in [0.3, 0.4) is 0 Å². The molecule has 2 aromatic carbocycles. The quantitative estimate of drug-likeness (QED) is 0.935. The Bertz CT molecular complexity index is 744. The summed E-state index contributed by atoms with van der Waals surface area (Å²) in [5, 5.41) is 9.04. The summed E-state index contributed by atoms with van der Waals surface area (Å²) in [6.45, 7) is 3.24. The third kappa shape index (κ3) is 3.71. The van der Waals surface area contributed by atoms with Crippen LogP contribution in [-0.4, -0.2) is 42.2 Å². The topological polar surface area (TPSA) is 43.8 Å². The van der Waals surface area contributed by atoms with Gasteiger partial charge in [-0.25, -0.2) is 13.6 Å². The summed E-state index contributed by atoms with van der Waals surface area (Å²) in [4.78, 5) is 15.0. The van der Waals surface area contributed by atoms with Gasteiger partial charge in [-0.15, -0.1) is 0 Å². The fourth-order valence-corrected chi connectivity index (χ4v) is 2.94. The minimum Gasteiger partial charge on any atom is -0.478 e. The van der Waals surface area contributed by atoms with Gasteiger partial charge in [-0.1, -0.05) is 12.1 Å². The minimum absolute atomic E-state index is 0.271. The first kappa shape index (κ1) is 16.4. The number of halogens is 2. The first-order valence-corrected chi connectivity index (χ1v) is 7.77. The van der Waals surface area contributed by atoms with Crippen molar-refractivity contribution in [2.45, 2.75) is 6.54 Å². The van der Waals surface area contributed by atoms with Gasteiger partial charge in [-0.2, -0.15) is 0 Å². The lowest BCUT2D eigenvalue weighted by atomic mass is 10.1. The van der Waals surface area contributed by atoms with Gasteiger partial charge in [0.25, 0.3) is 0 Å². The largest absolute Gasteiger partial charge is 0.478 e. The van der Waals surface area contributed by atoms with Crippen molar-refractivity contribution in [2.75, 3.05) is 31.1 Å². The van der Waals surface area contributed by atoms with Crippen molar-refractivity contribution >= 4 is 11.7 Å². The molecule has 1 saturated heterocycles. The highest BCUT2D eigenvalue weighted by Gasteiger charge is 2.20. The lowest BCUT2D eigenvalue weighted by Crippen LogP contribution is -2.46. The van der Waals surface area contributed by atoms with Crippen LogP contribution >= 0.6 is 0 Å². The van der Waals surface area contributed by atoms with E-state index in [0.717, 1.165) is 17.7 Å². The van der Waals surface area contributed by atoms with E-state index in [1.54, 1.807) is 18.2 Å². The maximum Gasteiger partial charge on any atom is 0.335 e. The second-order valence-electron chi connectivity index (χ2n) is 5.86. The van der Waals surface area contributed by atoms with Crippen molar-refractivity contribution in [1.29, 1.82) is 0 Å². The molecule has 4 nitrogen and oxygen atoms in total. The number of nitrogens with zero attached hydrogens (tertiary/aromatic N) is 2. The number of hydrogen-bond donors (Lipinski definition) is 1. The Kier molecular flexibility index (Phi) is 4.76. The summed E-state index contributed by atoms with van der Waals surface area (Å²) in [5.41, 5.74) is 1.50. The Morgan fingerprint density at radius 2 is 1.79 bits per heavy atom. The van der Waals surface area contributed by atoms with Gasteiger partial charge in [0.1, 0.15) is 11.6 Å². The van der Waals surface area contributed by atoms with E-state index in [2.05, 4.69) is 4.90 Å². The molecule has 1 N–H and O–H groups in total. The zero-order valence-electron chi connectivity index (χ0n) is 13.1. The van der Waals surface area contributed by atoms with Crippen LogP contribution in [0.5, 0.6) is 0 Å². The molecule has 0 radical (unpaired) electrons. The molecular weight excluding hydrogens is 314 g/mol. The molecular formula is C18H18F2N2O2. The summed E-state index contributed by atoms with van der Waals surface area (Å²) >= 11 is 0. The molecule has 3 rings (SSSR count). The molecule has 0 saturated carbocycles. The number of aromatic carboxylic acids is 1. The summed E-state index contributed by atoms with van der Waals surface area (Å²) in [6, 6.07) is 10.3. The Hall–Kier alpha value is -2.47. The zero-order chi connectivity index (χ0) is 17.1. The number of rotatable bonds is 4. The van der Waals surface area contributed by atoms with E-state index in [1.807, 2.05) is 11.0 Å². The van der Waals surface area contributed by atoms with E-state index >= 15 is 0 Å². The molecule has 0 spiro atoms. The van der Waals surface area contributed by atoms with Gasteiger partial charge in [-0.05, 0) is 29.8 Å². The summed E-state index contributed by atoms with van der Waals surface area (Å²) in [5.74, 6) is -1.80. The number of hydrogen-bond acceptors (Lipinski definition) is 3. The summed E-state index contributed by atoms with van der Waals surface area (Å²) < 4.78 is 27.2. The SMILES string of the molecule is O=C(O)c1cccc(CN2CCN(c3cc(F)ccc3F)CC2)c1. The molecule has 0 atom stereocenters. The molecule has 0 amide bonds. The van der Waals surface area contributed by atoms with Crippen molar-refractivity contribution in [2.24, 2.45) is 0 Å². The molecule has 0 aromatic heterocycles. The maximum atomic E-state index is 13.8. The highest BCUT2D eigenvalue weighted by Crippen LogP contribution is 2.22. The molecule has 0 bridgehead atoms. The minimum atomic E-state index is -0.941. The number of carboxylic acid groups (broad SMARTS) is 1. The molecule has 24 heavy (non-hydrogen) atoms. The number of carboxylic acids is 1. The lowest BCUT2D eigenvalue weighted by molar-refractivity contribution is 0.0696. The van der Waals surface area contributed by atoms with Gasteiger partial charge in [0.2, 0.25) is 0 Å². The van der Waals surface area contributed by atoms with Gasteiger partial charge in [-0.3, -0.25) is 4.90 Å². The predicted molar refractivity (Wildman–Crippen MR) is 87.2 cm³/mol. The molecule has 1 aliphatic rings. The van der Waals surface area contributed by atoms with Gasteiger partial charge in [0.05, 0.1) is 11.3 Å². The fourth-order valence-electron chi connectivity index (χ4n) is 2.94. The van der Waals surface area contributed by atoms with Crippen molar-refractivity contribution in [3.8, 4) is 0 Å². The van der Waals surface area contributed by atoms with Gasteiger partial charge < -0.3 is 10.0 Å². The summed E-state index contributed by atoms with van der Waals surface area (Å²) in [7, 11) is 0.